The second-order valence-corrected chi connectivity index (χ2v) is 8.51. The third-order valence-corrected chi connectivity index (χ3v) is 4.62. The maximum absolute atomic E-state index is 12.6. The number of rotatable bonds is 2. The number of benzene rings is 1. The summed E-state index contributed by atoms with van der Waals surface area (Å²) in [5, 5.41) is 1.87. The number of hydrogen-bond acceptors (Lipinski definition) is 3. The first kappa shape index (κ1) is 13.2. The fourth-order valence-corrected chi connectivity index (χ4v) is 3.97. The van der Waals surface area contributed by atoms with Gasteiger partial charge in [-0.15, -0.1) is 0 Å². The fraction of sp³-hybridized carbons (Fsp3) is 0.429. The summed E-state index contributed by atoms with van der Waals surface area (Å²) in [4.78, 5) is 8.67. The molecule has 4 heteroatoms. The summed E-state index contributed by atoms with van der Waals surface area (Å²) in [5.74, 6) is 1.09. The van der Waals surface area contributed by atoms with Crippen molar-refractivity contribution >= 4 is 23.3 Å². The van der Waals surface area contributed by atoms with E-state index < -0.39 is 7.14 Å². The van der Waals surface area contributed by atoms with Crippen LogP contribution in [0.4, 0.5) is 0 Å². The minimum absolute atomic E-state index is 0.346. The molecular weight excluding hydrogens is 243 g/mol. The van der Waals surface area contributed by atoms with E-state index in [0.29, 0.717) is 5.92 Å². The van der Waals surface area contributed by atoms with Crippen molar-refractivity contribution in [3.8, 4) is 0 Å². The Labute approximate surface area is 108 Å². The first-order chi connectivity index (χ1) is 8.30. The molecule has 0 radical (unpaired) electrons. The topological polar surface area (TPSA) is 42.9 Å². The van der Waals surface area contributed by atoms with Crippen molar-refractivity contribution in [1.82, 2.24) is 9.97 Å². The summed E-state index contributed by atoms with van der Waals surface area (Å²) in [7, 11) is -2.35. The standard InChI is InChI=1S/C14H19N2OP/c1-9(2)11-6-7-13-12(8-15-10(3)16-13)14(11)18(4,5)17/h6-9H,1-5H3. The molecule has 0 unspecified atom stereocenters. The van der Waals surface area contributed by atoms with Crippen LogP contribution in [0.5, 0.6) is 0 Å². The molecule has 0 amide bonds. The van der Waals surface area contributed by atoms with Crippen LogP contribution in [0.3, 0.4) is 0 Å². The highest BCUT2D eigenvalue weighted by molar-refractivity contribution is 7.70. The largest absolute Gasteiger partial charge is 0.319 e. The number of hydrogen-bond donors (Lipinski definition) is 0. The molecule has 0 saturated carbocycles. The molecule has 96 valence electrons. The van der Waals surface area contributed by atoms with Gasteiger partial charge in [-0.1, -0.05) is 19.9 Å². The van der Waals surface area contributed by atoms with Crippen LogP contribution < -0.4 is 5.30 Å². The van der Waals surface area contributed by atoms with Gasteiger partial charge in [0.15, 0.2) is 0 Å². The van der Waals surface area contributed by atoms with Crippen molar-refractivity contribution < 1.29 is 4.57 Å². The first-order valence-electron chi connectivity index (χ1n) is 6.12. The predicted molar refractivity (Wildman–Crippen MR) is 77.5 cm³/mol. The summed E-state index contributed by atoms with van der Waals surface area (Å²) in [6.07, 6.45) is 1.80. The van der Waals surface area contributed by atoms with Crippen LogP contribution in [0.15, 0.2) is 18.3 Å². The summed E-state index contributed by atoms with van der Waals surface area (Å²) in [6.45, 7) is 9.73. The molecule has 0 atom stereocenters. The maximum Gasteiger partial charge on any atom is 0.125 e. The zero-order valence-corrected chi connectivity index (χ0v) is 12.5. The van der Waals surface area contributed by atoms with Gasteiger partial charge in [0.05, 0.1) is 5.52 Å². The van der Waals surface area contributed by atoms with Crippen LogP contribution in [0, 0.1) is 6.92 Å². The molecule has 0 aliphatic heterocycles. The highest BCUT2D eigenvalue weighted by atomic mass is 31.2. The van der Waals surface area contributed by atoms with Crippen LogP contribution >= 0.6 is 7.14 Å². The number of fused-ring (bicyclic) bond motifs is 1. The van der Waals surface area contributed by atoms with E-state index in [1.807, 2.05) is 26.3 Å². The van der Waals surface area contributed by atoms with E-state index in [2.05, 4.69) is 29.9 Å². The Morgan fingerprint density at radius 1 is 1.22 bits per heavy atom. The maximum atomic E-state index is 12.6. The highest BCUT2D eigenvalue weighted by Crippen LogP contribution is 2.40. The number of nitrogens with zero attached hydrogens (tertiary/aromatic N) is 2. The van der Waals surface area contributed by atoms with Gasteiger partial charge >= 0.3 is 0 Å². The highest BCUT2D eigenvalue weighted by Gasteiger charge is 2.21. The van der Waals surface area contributed by atoms with E-state index in [0.717, 1.165) is 27.6 Å². The second-order valence-electron chi connectivity index (χ2n) is 5.36. The number of aromatic nitrogens is 2. The Balaban J connectivity index is 2.90. The molecule has 1 heterocycles. The predicted octanol–water partition coefficient (Wildman–Crippen LogP) is 3.31. The monoisotopic (exact) mass is 262 g/mol. The van der Waals surface area contributed by atoms with E-state index in [4.69, 9.17) is 0 Å². The molecule has 0 fully saturated rings. The smallest absolute Gasteiger partial charge is 0.125 e. The van der Waals surface area contributed by atoms with Crippen molar-refractivity contribution in [2.24, 2.45) is 0 Å². The molecule has 0 N–H and O–H groups in total. The second kappa shape index (κ2) is 4.47. The lowest BCUT2D eigenvalue weighted by Gasteiger charge is -2.18. The Morgan fingerprint density at radius 2 is 1.89 bits per heavy atom. The van der Waals surface area contributed by atoms with Crippen molar-refractivity contribution in [2.45, 2.75) is 26.7 Å². The molecular formula is C14H19N2OP. The van der Waals surface area contributed by atoms with Crippen molar-refractivity contribution in [1.29, 1.82) is 0 Å². The van der Waals surface area contributed by atoms with Crippen LogP contribution in [0.25, 0.3) is 10.9 Å². The Hall–Kier alpha value is -1.21. The van der Waals surface area contributed by atoms with Crippen LogP contribution in [-0.4, -0.2) is 23.3 Å². The summed E-state index contributed by atoms with van der Waals surface area (Å²) in [6, 6.07) is 4.05. The molecule has 2 rings (SSSR count). The molecule has 0 bridgehead atoms. The van der Waals surface area contributed by atoms with E-state index in [9.17, 15) is 4.57 Å². The van der Waals surface area contributed by atoms with Crippen molar-refractivity contribution in [2.75, 3.05) is 13.3 Å². The van der Waals surface area contributed by atoms with Crippen molar-refractivity contribution in [3.63, 3.8) is 0 Å². The lowest BCUT2D eigenvalue weighted by molar-refractivity contribution is 0.588. The summed E-state index contributed by atoms with van der Waals surface area (Å²) >= 11 is 0. The normalized spacial score (nSPS) is 12.3. The zero-order chi connectivity index (χ0) is 13.5. The lowest BCUT2D eigenvalue weighted by atomic mass is 10.0. The fourth-order valence-electron chi connectivity index (χ4n) is 2.27. The van der Waals surface area contributed by atoms with Gasteiger partial charge in [-0.2, -0.15) is 0 Å². The minimum Gasteiger partial charge on any atom is -0.319 e. The third kappa shape index (κ3) is 2.32. The Bertz CT molecular complexity index is 644. The minimum atomic E-state index is -2.35. The van der Waals surface area contributed by atoms with E-state index in [1.54, 1.807) is 6.20 Å². The molecule has 0 spiro atoms. The first-order valence-corrected chi connectivity index (χ1v) is 8.72. The molecule has 1 aromatic carbocycles. The Kier molecular flexibility index (Phi) is 3.29. The van der Waals surface area contributed by atoms with Gasteiger partial charge in [0.1, 0.15) is 13.0 Å². The van der Waals surface area contributed by atoms with Crippen LogP contribution in [-0.2, 0) is 4.57 Å². The molecule has 0 saturated heterocycles. The molecule has 2 aromatic rings. The van der Waals surface area contributed by atoms with Gasteiger partial charge in [0.2, 0.25) is 0 Å². The average Bonchev–Trinajstić information content (AvgIpc) is 2.25. The average molecular weight is 262 g/mol. The van der Waals surface area contributed by atoms with Crippen LogP contribution in [0.1, 0.15) is 31.2 Å². The van der Waals surface area contributed by atoms with Crippen molar-refractivity contribution in [3.05, 3.63) is 29.7 Å². The molecule has 0 aliphatic rings. The van der Waals surface area contributed by atoms with Gasteiger partial charge < -0.3 is 4.57 Å². The van der Waals surface area contributed by atoms with Gasteiger partial charge in [0, 0.05) is 16.9 Å². The SMILES string of the molecule is Cc1ncc2c(P(C)(C)=O)c(C(C)C)ccc2n1. The van der Waals surface area contributed by atoms with E-state index in [1.165, 1.54) is 0 Å². The number of aryl methyl sites for hydroxylation is 1. The zero-order valence-electron chi connectivity index (χ0n) is 11.6. The Morgan fingerprint density at radius 3 is 2.44 bits per heavy atom. The molecule has 0 aliphatic carbocycles. The molecule has 18 heavy (non-hydrogen) atoms. The quantitative estimate of drug-likeness (QED) is 0.780. The summed E-state index contributed by atoms with van der Waals surface area (Å²) < 4.78 is 12.6. The molecule has 3 nitrogen and oxygen atoms in total. The van der Waals surface area contributed by atoms with Gasteiger partial charge in [-0.25, -0.2) is 9.97 Å². The molecule has 1 aromatic heterocycles. The van der Waals surface area contributed by atoms with E-state index in [-0.39, 0.29) is 0 Å². The third-order valence-electron chi connectivity index (χ3n) is 3.05. The van der Waals surface area contributed by atoms with Gasteiger partial charge in [-0.3, -0.25) is 0 Å². The van der Waals surface area contributed by atoms with Crippen LogP contribution in [0.2, 0.25) is 0 Å². The van der Waals surface area contributed by atoms with Gasteiger partial charge in [-0.05, 0) is 37.8 Å². The van der Waals surface area contributed by atoms with Gasteiger partial charge in [0.25, 0.3) is 0 Å². The lowest BCUT2D eigenvalue weighted by Crippen LogP contribution is -2.14. The van der Waals surface area contributed by atoms with E-state index >= 15 is 0 Å². The summed E-state index contributed by atoms with van der Waals surface area (Å²) in [5.41, 5.74) is 2.02.